The van der Waals surface area contributed by atoms with Gasteiger partial charge in [-0.3, -0.25) is 4.79 Å². The largest absolute Gasteiger partial charge is 0.483 e. The maximum atomic E-state index is 12.8. The van der Waals surface area contributed by atoms with Gasteiger partial charge in [0.15, 0.2) is 6.61 Å². The van der Waals surface area contributed by atoms with E-state index in [1.807, 2.05) is 0 Å². The third-order valence-electron chi connectivity index (χ3n) is 2.44. The van der Waals surface area contributed by atoms with Crippen LogP contribution < -0.4 is 10.5 Å². The van der Waals surface area contributed by atoms with Crippen molar-refractivity contribution >= 4 is 5.91 Å². The van der Waals surface area contributed by atoms with Crippen molar-refractivity contribution in [3.8, 4) is 5.75 Å². The number of halogens is 3. The van der Waals surface area contributed by atoms with E-state index in [9.17, 15) is 18.0 Å². The van der Waals surface area contributed by atoms with E-state index in [0.717, 1.165) is 6.07 Å². The molecule has 0 bridgehead atoms. The van der Waals surface area contributed by atoms with Gasteiger partial charge in [0, 0.05) is 20.6 Å². The zero-order chi connectivity index (χ0) is 14.6. The van der Waals surface area contributed by atoms with E-state index >= 15 is 0 Å². The predicted octanol–water partition coefficient (Wildman–Crippen LogP) is 1.63. The maximum Gasteiger partial charge on any atom is 0.419 e. The Kier molecular flexibility index (Phi) is 4.77. The fourth-order valence-corrected chi connectivity index (χ4v) is 1.32. The first kappa shape index (κ1) is 15.3. The van der Waals surface area contributed by atoms with Gasteiger partial charge in [-0.25, -0.2) is 0 Å². The van der Waals surface area contributed by atoms with Crippen LogP contribution in [0, 0.1) is 0 Å². The molecule has 0 spiro atoms. The van der Waals surface area contributed by atoms with E-state index < -0.39 is 24.3 Å². The lowest BCUT2D eigenvalue weighted by molar-refractivity contribution is -0.140. The Balaban J connectivity index is 2.97. The average molecular weight is 276 g/mol. The fourth-order valence-electron chi connectivity index (χ4n) is 1.32. The zero-order valence-electron chi connectivity index (χ0n) is 10.6. The summed E-state index contributed by atoms with van der Waals surface area (Å²) in [5, 5.41) is 0. The summed E-state index contributed by atoms with van der Waals surface area (Å²) in [5.74, 6) is -0.795. The number of likely N-dealkylation sites (N-methyl/N-ethyl adjacent to an activating group) is 1. The van der Waals surface area contributed by atoms with Crippen LogP contribution in [-0.2, 0) is 17.5 Å². The summed E-state index contributed by atoms with van der Waals surface area (Å²) in [6.07, 6.45) is -4.55. The second-order valence-electron chi connectivity index (χ2n) is 4.11. The van der Waals surface area contributed by atoms with Gasteiger partial charge in [-0.05, 0) is 17.7 Å². The highest BCUT2D eigenvalue weighted by molar-refractivity contribution is 5.77. The molecule has 106 valence electrons. The third-order valence-corrected chi connectivity index (χ3v) is 2.44. The number of benzene rings is 1. The highest BCUT2D eigenvalue weighted by Crippen LogP contribution is 2.36. The van der Waals surface area contributed by atoms with Gasteiger partial charge in [-0.15, -0.1) is 0 Å². The zero-order valence-corrected chi connectivity index (χ0v) is 10.6. The molecule has 4 nitrogen and oxygen atoms in total. The van der Waals surface area contributed by atoms with Gasteiger partial charge in [0.05, 0.1) is 5.56 Å². The van der Waals surface area contributed by atoms with Gasteiger partial charge in [0.25, 0.3) is 5.91 Å². The van der Waals surface area contributed by atoms with Crippen LogP contribution in [0.3, 0.4) is 0 Å². The second kappa shape index (κ2) is 5.92. The third kappa shape index (κ3) is 4.13. The summed E-state index contributed by atoms with van der Waals surface area (Å²) < 4.78 is 43.4. The quantitative estimate of drug-likeness (QED) is 0.909. The van der Waals surface area contributed by atoms with E-state index in [2.05, 4.69) is 0 Å². The standard InChI is InChI=1S/C12H15F3N2O2/c1-17(2)11(18)7-19-10-4-3-8(6-16)5-9(10)12(13,14)15/h3-5H,6-7,16H2,1-2H3. The molecule has 0 saturated heterocycles. The molecule has 19 heavy (non-hydrogen) atoms. The molecule has 1 aromatic carbocycles. The van der Waals surface area contributed by atoms with Crippen LogP contribution in [0.25, 0.3) is 0 Å². The molecule has 0 saturated carbocycles. The number of rotatable bonds is 4. The molecular weight excluding hydrogens is 261 g/mol. The first-order chi connectivity index (χ1) is 8.75. The minimum atomic E-state index is -4.55. The number of amides is 1. The highest BCUT2D eigenvalue weighted by atomic mass is 19.4. The first-order valence-electron chi connectivity index (χ1n) is 5.49. The van der Waals surface area contributed by atoms with Crippen molar-refractivity contribution < 1.29 is 22.7 Å². The summed E-state index contributed by atoms with van der Waals surface area (Å²) in [6.45, 7) is -0.446. The van der Waals surface area contributed by atoms with E-state index in [1.54, 1.807) is 0 Å². The van der Waals surface area contributed by atoms with Gasteiger partial charge >= 0.3 is 6.18 Å². The van der Waals surface area contributed by atoms with Crippen molar-refractivity contribution in [2.24, 2.45) is 5.73 Å². The van der Waals surface area contributed by atoms with Crippen molar-refractivity contribution in [2.45, 2.75) is 12.7 Å². The molecule has 0 aliphatic heterocycles. The lowest BCUT2D eigenvalue weighted by atomic mass is 10.1. The predicted molar refractivity (Wildman–Crippen MR) is 63.5 cm³/mol. The maximum absolute atomic E-state index is 12.8. The molecular formula is C12H15F3N2O2. The van der Waals surface area contributed by atoms with Gasteiger partial charge in [-0.1, -0.05) is 6.07 Å². The topological polar surface area (TPSA) is 55.6 Å². The van der Waals surface area contributed by atoms with Gasteiger partial charge in [0.1, 0.15) is 5.75 Å². The van der Waals surface area contributed by atoms with Crippen molar-refractivity contribution in [1.82, 2.24) is 4.90 Å². The number of carbonyl (C=O) groups is 1. The van der Waals surface area contributed by atoms with Crippen LogP contribution in [-0.4, -0.2) is 31.5 Å². The highest BCUT2D eigenvalue weighted by Gasteiger charge is 2.34. The summed E-state index contributed by atoms with van der Waals surface area (Å²) in [6, 6.07) is 3.54. The van der Waals surface area contributed by atoms with Gasteiger partial charge in [0.2, 0.25) is 0 Å². The van der Waals surface area contributed by atoms with Crippen molar-refractivity contribution in [1.29, 1.82) is 0 Å². The lowest BCUT2D eigenvalue weighted by Crippen LogP contribution is -2.28. The Labute approximate surface area is 108 Å². The van der Waals surface area contributed by atoms with E-state index in [4.69, 9.17) is 10.5 Å². The van der Waals surface area contributed by atoms with Crippen molar-refractivity contribution in [2.75, 3.05) is 20.7 Å². The van der Waals surface area contributed by atoms with Gasteiger partial charge in [-0.2, -0.15) is 13.2 Å². The summed E-state index contributed by atoms with van der Waals surface area (Å²) in [7, 11) is 2.99. The Morgan fingerprint density at radius 1 is 1.37 bits per heavy atom. The number of alkyl halides is 3. The SMILES string of the molecule is CN(C)C(=O)COc1ccc(CN)cc1C(F)(F)F. The molecule has 0 radical (unpaired) electrons. The Hall–Kier alpha value is -1.76. The number of nitrogens with zero attached hydrogens (tertiary/aromatic N) is 1. The fraction of sp³-hybridized carbons (Fsp3) is 0.417. The number of hydrogen-bond acceptors (Lipinski definition) is 3. The monoisotopic (exact) mass is 276 g/mol. The van der Waals surface area contributed by atoms with Crippen molar-refractivity contribution in [3.63, 3.8) is 0 Å². The van der Waals surface area contributed by atoms with E-state index in [1.165, 1.54) is 31.1 Å². The Morgan fingerprint density at radius 2 is 2.00 bits per heavy atom. The van der Waals surface area contributed by atoms with Gasteiger partial charge < -0.3 is 15.4 Å². The molecule has 0 aromatic heterocycles. The smallest absolute Gasteiger partial charge is 0.419 e. The molecule has 1 rings (SSSR count). The summed E-state index contributed by atoms with van der Waals surface area (Å²) in [4.78, 5) is 12.5. The molecule has 0 aliphatic rings. The first-order valence-corrected chi connectivity index (χ1v) is 5.49. The summed E-state index contributed by atoms with van der Waals surface area (Å²) >= 11 is 0. The Bertz CT molecular complexity index is 459. The van der Waals surface area contributed by atoms with E-state index in [-0.39, 0.29) is 12.3 Å². The molecule has 1 amide bonds. The molecule has 2 N–H and O–H groups in total. The number of ether oxygens (including phenoxy) is 1. The van der Waals surface area contributed by atoms with Crippen LogP contribution in [0.15, 0.2) is 18.2 Å². The molecule has 0 heterocycles. The van der Waals surface area contributed by atoms with Crippen LogP contribution >= 0.6 is 0 Å². The van der Waals surface area contributed by atoms with Crippen LogP contribution in [0.1, 0.15) is 11.1 Å². The minimum absolute atomic E-state index is 0.0000116. The molecule has 0 atom stereocenters. The summed E-state index contributed by atoms with van der Waals surface area (Å²) in [5.41, 5.74) is 4.72. The van der Waals surface area contributed by atoms with Crippen LogP contribution in [0.5, 0.6) is 5.75 Å². The average Bonchev–Trinajstić information content (AvgIpc) is 2.34. The molecule has 0 fully saturated rings. The lowest BCUT2D eigenvalue weighted by Gasteiger charge is -2.16. The molecule has 1 aromatic rings. The molecule has 7 heteroatoms. The number of carbonyl (C=O) groups excluding carboxylic acids is 1. The minimum Gasteiger partial charge on any atom is -0.483 e. The molecule has 0 unspecified atom stereocenters. The normalized spacial score (nSPS) is 11.3. The Morgan fingerprint density at radius 3 is 2.47 bits per heavy atom. The number of hydrogen-bond donors (Lipinski definition) is 1. The molecule has 0 aliphatic carbocycles. The van der Waals surface area contributed by atoms with Crippen molar-refractivity contribution in [3.05, 3.63) is 29.3 Å². The van der Waals surface area contributed by atoms with E-state index in [0.29, 0.717) is 5.56 Å². The van der Waals surface area contributed by atoms with Crippen LogP contribution in [0.2, 0.25) is 0 Å². The number of nitrogens with two attached hydrogens (primary N) is 1. The second-order valence-corrected chi connectivity index (χ2v) is 4.11. The van der Waals surface area contributed by atoms with Crippen LogP contribution in [0.4, 0.5) is 13.2 Å².